The van der Waals surface area contributed by atoms with Gasteiger partial charge in [0.25, 0.3) is 0 Å². The molecule has 1 aliphatic rings. The Hall–Kier alpha value is -1.62. The minimum Gasteiger partial charge on any atom is -0.384 e. The highest BCUT2D eigenvalue weighted by Crippen LogP contribution is 2.39. The van der Waals surface area contributed by atoms with E-state index in [0.29, 0.717) is 12.1 Å². The summed E-state index contributed by atoms with van der Waals surface area (Å²) < 4.78 is 12.9. The van der Waals surface area contributed by atoms with Crippen molar-refractivity contribution in [3.63, 3.8) is 0 Å². The van der Waals surface area contributed by atoms with Crippen molar-refractivity contribution in [2.24, 2.45) is 5.41 Å². The van der Waals surface area contributed by atoms with Gasteiger partial charge in [-0.25, -0.2) is 9.18 Å². The van der Waals surface area contributed by atoms with Gasteiger partial charge in [0.1, 0.15) is 11.4 Å². The SMILES string of the molecule is CC1(CNC(=O)NCC(C)(O)c2ccc(F)cc2)CCC1. The lowest BCUT2D eigenvalue weighted by Gasteiger charge is -2.38. The van der Waals surface area contributed by atoms with E-state index in [1.54, 1.807) is 6.92 Å². The molecular weight excluding hydrogens is 271 g/mol. The van der Waals surface area contributed by atoms with E-state index in [4.69, 9.17) is 0 Å². The van der Waals surface area contributed by atoms with Gasteiger partial charge in [-0.2, -0.15) is 0 Å². The maximum absolute atomic E-state index is 12.9. The fourth-order valence-electron chi connectivity index (χ4n) is 2.48. The molecule has 3 N–H and O–H groups in total. The van der Waals surface area contributed by atoms with E-state index < -0.39 is 5.60 Å². The van der Waals surface area contributed by atoms with Crippen LogP contribution in [0.4, 0.5) is 9.18 Å². The van der Waals surface area contributed by atoms with E-state index in [1.165, 1.54) is 30.7 Å². The van der Waals surface area contributed by atoms with E-state index in [0.717, 1.165) is 12.8 Å². The Morgan fingerprint density at radius 1 is 1.33 bits per heavy atom. The molecule has 0 radical (unpaired) electrons. The molecular formula is C16H23FN2O2. The van der Waals surface area contributed by atoms with Crippen molar-refractivity contribution < 1.29 is 14.3 Å². The Labute approximate surface area is 124 Å². The van der Waals surface area contributed by atoms with Gasteiger partial charge in [0.05, 0.1) is 6.54 Å². The summed E-state index contributed by atoms with van der Waals surface area (Å²) in [7, 11) is 0. The summed E-state index contributed by atoms with van der Waals surface area (Å²) in [6.45, 7) is 4.47. The molecule has 2 amide bonds. The molecule has 1 atom stereocenters. The molecule has 1 saturated carbocycles. The number of benzene rings is 1. The largest absolute Gasteiger partial charge is 0.384 e. The highest BCUT2D eigenvalue weighted by molar-refractivity contribution is 5.74. The second-order valence-corrected chi connectivity index (χ2v) is 6.48. The van der Waals surface area contributed by atoms with Crippen molar-refractivity contribution in [1.82, 2.24) is 10.6 Å². The molecule has 1 aromatic rings. The van der Waals surface area contributed by atoms with Crippen LogP contribution >= 0.6 is 0 Å². The molecule has 116 valence electrons. The first-order valence-corrected chi connectivity index (χ1v) is 7.31. The fraction of sp³-hybridized carbons (Fsp3) is 0.562. The molecule has 0 bridgehead atoms. The Bertz CT molecular complexity index is 496. The fourth-order valence-corrected chi connectivity index (χ4v) is 2.48. The Morgan fingerprint density at radius 2 is 1.95 bits per heavy atom. The van der Waals surface area contributed by atoms with Crippen LogP contribution in [0.25, 0.3) is 0 Å². The van der Waals surface area contributed by atoms with Crippen molar-refractivity contribution in [2.75, 3.05) is 13.1 Å². The molecule has 0 aromatic heterocycles. The van der Waals surface area contributed by atoms with Gasteiger partial charge in [-0.1, -0.05) is 25.5 Å². The third-order valence-corrected chi connectivity index (χ3v) is 4.30. The van der Waals surface area contributed by atoms with Gasteiger partial charge in [-0.15, -0.1) is 0 Å². The highest BCUT2D eigenvalue weighted by atomic mass is 19.1. The van der Waals surface area contributed by atoms with E-state index in [-0.39, 0.29) is 23.8 Å². The minimum atomic E-state index is -1.23. The number of nitrogens with one attached hydrogen (secondary N) is 2. The monoisotopic (exact) mass is 294 g/mol. The van der Waals surface area contributed by atoms with Gasteiger partial charge in [-0.05, 0) is 42.9 Å². The molecule has 1 fully saturated rings. The van der Waals surface area contributed by atoms with Crippen LogP contribution in [-0.2, 0) is 5.60 Å². The molecule has 0 aliphatic heterocycles. The molecule has 0 heterocycles. The number of hydrogen-bond donors (Lipinski definition) is 3. The Kier molecular flexibility index (Phi) is 4.52. The number of rotatable bonds is 5. The Morgan fingerprint density at radius 3 is 2.48 bits per heavy atom. The summed E-state index contributed by atoms with van der Waals surface area (Å²) in [6, 6.07) is 5.34. The summed E-state index contributed by atoms with van der Waals surface area (Å²) in [5.41, 5.74) is -0.447. The number of halogens is 1. The Balaban J connectivity index is 1.80. The predicted molar refractivity (Wildman–Crippen MR) is 79.3 cm³/mol. The van der Waals surface area contributed by atoms with E-state index in [2.05, 4.69) is 17.6 Å². The zero-order chi connectivity index (χ0) is 15.5. The van der Waals surface area contributed by atoms with E-state index in [9.17, 15) is 14.3 Å². The molecule has 2 rings (SSSR count). The molecule has 1 aromatic carbocycles. The van der Waals surface area contributed by atoms with Gasteiger partial charge in [0, 0.05) is 6.54 Å². The first-order chi connectivity index (χ1) is 9.81. The average Bonchev–Trinajstić information content (AvgIpc) is 2.41. The zero-order valence-corrected chi connectivity index (χ0v) is 12.6. The number of aliphatic hydroxyl groups is 1. The second kappa shape index (κ2) is 6.02. The maximum atomic E-state index is 12.9. The number of carbonyl (C=O) groups excluding carboxylic acids is 1. The van der Waals surface area contributed by atoms with Gasteiger partial charge in [0.15, 0.2) is 0 Å². The first-order valence-electron chi connectivity index (χ1n) is 7.31. The van der Waals surface area contributed by atoms with Crippen molar-refractivity contribution >= 4 is 6.03 Å². The number of amides is 2. The lowest BCUT2D eigenvalue weighted by molar-refractivity contribution is 0.0590. The van der Waals surface area contributed by atoms with E-state index >= 15 is 0 Å². The summed E-state index contributed by atoms with van der Waals surface area (Å²) in [5, 5.41) is 15.8. The summed E-state index contributed by atoms with van der Waals surface area (Å²) >= 11 is 0. The average molecular weight is 294 g/mol. The zero-order valence-electron chi connectivity index (χ0n) is 12.6. The van der Waals surface area contributed by atoms with Crippen molar-refractivity contribution in [2.45, 2.75) is 38.7 Å². The molecule has 0 saturated heterocycles. The number of urea groups is 1. The number of hydrogen-bond acceptors (Lipinski definition) is 2. The van der Waals surface area contributed by atoms with Gasteiger partial charge in [-0.3, -0.25) is 0 Å². The molecule has 1 unspecified atom stereocenters. The van der Waals surface area contributed by atoms with Crippen LogP contribution in [0.5, 0.6) is 0 Å². The topological polar surface area (TPSA) is 61.4 Å². The normalized spacial score (nSPS) is 19.2. The lowest BCUT2D eigenvalue weighted by atomic mass is 9.70. The minimum absolute atomic E-state index is 0.0706. The third kappa shape index (κ3) is 4.17. The molecule has 21 heavy (non-hydrogen) atoms. The maximum Gasteiger partial charge on any atom is 0.314 e. The predicted octanol–water partition coefficient (Wildman–Crippen LogP) is 2.52. The molecule has 4 nitrogen and oxygen atoms in total. The van der Waals surface area contributed by atoms with Crippen molar-refractivity contribution in [3.8, 4) is 0 Å². The van der Waals surface area contributed by atoms with Gasteiger partial charge < -0.3 is 15.7 Å². The van der Waals surface area contributed by atoms with Crippen LogP contribution in [0.15, 0.2) is 24.3 Å². The molecule has 5 heteroatoms. The third-order valence-electron chi connectivity index (χ3n) is 4.30. The second-order valence-electron chi connectivity index (χ2n) is 6.48. The standard InChI is InChI=1S/C16H23FN2O2/c1-15(8-3-9-15)10-18-14(20)19-11-16(2,21)12-4-6-13(17)7-5-12/h4-7,21H,3,8-11H2,1-2H3,(H2,18,19,20). The van der Waals surface area contributed by atoms with Gasteiger partial charge >= 0.3 is 6.03 Å². The van der Waals surface area contributed by atoms with Crippen molar-refractivity contribution in [1.29, 1.82) is 0 Å². The smallest absolute Gasteiger partial charge is 0.314 e. The first kappa shape index (κ1) is 15.8. The molecule has 1 aliphatic carbocycles. The van der Waals surface area contributed by atoms with Crippen LogP contribution in [0.1, 0.15) is 38.7 Å². The number of carbonyl (C=O) groups is 1. The highest BCUT2D eigenvalue weighted by Gasteiger charge is 2.32. The summed E-state index contributed by atoms with van der Waals surface area (Å²) in [4.78, 5) is 11.8. The summed E-state index contributed by atoms with van der Waals surface area (Å²) in [5.74, 6) is -0.353. The van der Waals surface area contributed by atoms with Crippen LogP contribution in [0.3, 0.4) is 0 Å². The van der Waals surface area contributed by atoms with Crippen molar-refractivity contribution in [3.05, 3.63) is 35.6 Å². The van der Waals surface area contributed by atoms with Crippen LogP contribution < -0.4 is 10.6 Å². The van der Waals surface area contributed by atoms with Gasteiger partial charge in [0.2, 0.25) is 0 Å². The van der Waals surface area contributed by atoms with E-state index in [1.807, 2.05) is 0 Å². The van der Waals surface area contributed by atoms with Crippen LogP contribution in [0, 0.1) is 11.2 Å². The van der Waals surface area contributed by atoms with Crippen LogP contribution in [0.2, 0.25) is 0 Å². The summed E-state index contributed by atoms with van der Waals surface area (Å²) in [6.07, 6.45) is 3.50. The molecule has 0 spiro atoms. The quantitative estimate of drug-likeness (QED) is 0.781. The lowest BCUT2D eigenvalue weighted by Crippen LogP contribution is -2.47. The van der Waals surface area contributed by atoms with Crippen LogP contribution in [-0.4, -0.2) is 24.2 Å².